The summed E-state index contributed by atoms with van der Waals surface area (Å²) in [6, 6.07) is 1.64. The largest absolute Gasteiger partial charge is 0.492 e. The molecule has 68 valence electrons. The van der Waals surface area contributed by atoms with Gasteiger partial charge in [-0.3, -0.25) is 0 Å². The summed E-state index contributed by atoms with van der Waals surface area (Å²) < 4.78 is 42.5. The van der Waals surface area contributed by atoms with Gasteiger partial charge in [0.2, 0.25) is 0 Å². The fourth-order valence-electron chi connectivity index (χ4n) is 0.878. The Labute approximate surface area is 72.2 Å². The smallest absolute Gasteiger partial charge is 0.180 e. The Morgan fingerprint density at radius 3 is 2.38 bits per heavy atom. The molecule has 1 rings (SSSR count). The Kier molecular flexibility index (Phi) is 2.42. The van der Waals surface area contributed by atoms with Gasteiger partial charge in [-0.25, -0.2) is 13.2 Å². The topological polar surface area (TPSA) is 33.0 Å². The third-order valence-corrected chi connectivity index (χ3v) is 1.44. The molecule has 0 unspecified atom stereocenters. The number of rotatable bonds is 1. The van der Waals surface area contributed by atoms with Crippen LogP contribution in [0.3, 0.4) is 0 Å². The van der Waals surface area contributed by atoms with Crippen LogP contribution in [-0.2, 0) is 0 Å². The molecule has 0 spiro atoms. The predicted octanol–water partition coefficient (Wildman–Crippen LogP) is 1.98. The summed E-state index contributed by atoms with van der Waals surface area (Å²) in [5.41, 5.74) is -0.764. The molecule has 0 heterocycles. The van der Waals surface area contributed by atoms with E-state index in [9.17, 15) is 13.2 Å². The normalized spacial score (nSPS) is 9.46. The SMILES string of the molecule is COc1c(F)cc(F)c(F)c1C#N. The van der Waals surface area contributed by atoms with Gasteiger partial charge in [0, 0.05) is 6.07 Å². The van der Waals surface area contributed by atoms with Crippen molar-refractivity contribution in [1.82, 2.24) is 0 Å². The molecule has 0 saturated carbocycles. The molecule has 0 atom stereocenters. The van der Waals surface area contributed by atoms with Crippen LogP contribution in [0.4, 0.5) is 13.2 Å². The number of hydrogen-bond donors (Lipinski definition) is 0. The summed E-state index contributed by atoms with van der Waals surface area (Å²) in [5, 5.41) is 8.38. The van der Waals surface area contributed by atoms with Crippen molar-refractivity contribution < 1.29 is 17.9 Å². The van der Waals surface area contributed by atoms with E-state index in [2.05, 4.69) is 4.74 Å². The van der Waals surface area contributed by atoms with Gasteiger partial charge >= 0.3 is 0 Å². The van der Waals surface area contributed by atoms with Crippen molar-refractivity contribution in [3.8, 4) is 11.8 Å². The minimum absolute atomic E-state index is 0.328. The van der Waals surface area contributed by atoms with E-state index in [0.717, 1.165) is 7.11 Å². The first-order chi connectivity index (χ1) is 6.11. The Hall–Kier alpha value is -1.70. The molecule has 2 nitrogen and oxygen atoms in total. The zero-order chi connectivity index (χ0) is 10.0. The van der Waals surface area contributed by atoms with Gasteiger partial charge in [-0.1, -0.05) is 0 Å². The van der Waals surface area contributed by atoms with E-state index >= 15 is 0 Å². The van der Waals surface area contributed by atoms with E-state index < -0.39 is 28.8 Å². The second-order valence-electron chi connectivity index (χ2n) is 2.17. The second-order valence-corrected chi connectivity index (χ2v) is 2.17. The summed E-state index contributed by atoms with van der Waals surface area (Å²) in [5.74, 6) is -4.49. The highest BCUT2D eigenvalue weighted by atomic mass is 19.2. The van der Waals surface area contributed by atoms with Crippen molar-refractivity contribution >= 4 is 0 Å². The summed E-state index contributed by atoms with van der Waals surface area (Å²) in [6.07, 6.45) is 0. The first-order valence-electron chi connectivity index (χ1n) is 3.23. The molecule has 1 aromatic carbocycles. The lowest BCUT2D eigenvalue weighted by molar-refractivity contribution is 0.374. The maximum atomic E-state index is 12.8. The number of benzene rings is 1. The zero-order valence-electron chi connectivity index (χ0n) is 6.57. The molecule has 0 bridgehead atoms. The van der Waals surface area contributed by atoms with Crippen molar-refractivity contribution in [2.75, 3.05) is 7.11 Å². The number of nitrogens with zero attached hydrogens (tertiary/aromatic N) is 1. The van der Waals surface area contributed by atoms with Crippen LogP contribution in [0.25, 0.3) is 0 Å². The van der Waals surface area contributed by atoms with Gasteiger partial charge in [0.15, 0.2) is 23.2 Å². The van der Waals surface area contributed by atoms with E-state index in [4.69, 9.17) is 5.26 Å². The molecule has 0 aliphatic rings. The summed E-state index contributed by atoms with van der Waals surface area (Å²) >= 11 is 0. The van der Waals surface area contributed by atoms with Gasteiger partial charge < -0.3 is 4.74 Å². The molecule has 0 aliphatic heterocycles. The fraction of sp³-hybridized carbons (Fsp3) is 0.125. The van der Waals surface area contributed by atoms with Crippen LogP contribution >= 0.6 is 0 Å². The molecular formula is C8H4F3NO. The van der Waals surface area contributed by atoms with E-state index in [1.807, 2.05) is 0 Å². The van der Waals surface area contributed by atoms with Crippen LogP contribution in [0.15, 0.2) is 6.07 Å². The summed E-state index contributed by atoms with van der Waals surface area (Å²) in [6.45, 7) is 0. The Balaban J connectivity index is 3.53. The monoisotopic (exact) mass is 187 g/mol. The molecule has 0 saturated heterocycles. The van der Waals surface area contributed by atoms with Gasteiger partial charge in [0.25, 0.3) is 0 Å². The quantitative estimate of drug-likeness (QED) is 0.630. The lowest BCUT2D eigenvalue weighted by atomic mass is 10.2. The highest BCUT2D eigenvalue weighted by Crippen LogP contribution is 2.26. The van der Waals surface area contributed by atoms with Crippen molar-refractivity contribution in [2.45, 2.75) is 0 Å². The van der Waals surface area contributed by atoms with Gasteiger partial charge in [-0.15, -0.1) is 0 Å². The van der Waals surface area contributed by atoms with E-state index in [1.54, 1.807) is 0 Å². The van der Waals surface area contributed by atoms with Crippen LogP contribution < -0.4 is 4.74 Å². The second kappa shape index (κ2) is 3.35. The van der Waals surface area contributed by atoms with E-state index in [-0.39, 0.29) is 0 Å². The van der Waals surface area contributed by atoms with E-state index in [0.29, 0.717) is 6.07 Å². The average Bonchev–Trinajstić information content (AvgIpc) is 2.10. The minimum Gasteiger partial charge on any atom is -0.492 e. The van der Waals surface area contributed by atoms with Crippen molar-refractivity contribution in [2.24, 2.45) is 0 Å². The number of halogens is 3. The molecule has 0 aromatic heterocycles. The molecule has 0 aliphatic carbocycles. The average molecular weight is 187 g/mol. The fourth-order valence-corrected chi connectivity index (χ4v) is 0.878. The molecule has 0 amide bonds. The summed E-state index contributed by atoms with van der Waals surface area (Å²) in [4.78, 5) is 0. The van der Waals surface area contributed by atoms with Gasteiger partial charge in [-0.05, 0) is 0 Å². The van der Waals surface area contributed by atoms with Gasteiger partial charge in [0.05, 0.1) is 7.11 Å². The number of nitriles is 1. The van der Waals surface area contributed by atoms with Crippen LogP contribution in [0.2, 0.25) is 0 Å². The highest BCUT2D eigenvalue weighted by Gasteiger charge is 2.18. The lowest BCUT2D eigenvalue weighted by Crippen LogP contribution is -1.98. The molecule has 13 heavy (non-hydrogen) atoms. The highest BCUT2D eigenvalue weighted by molar-refractivity contribution is 5.45. The lowest BCUT2D eigenvalue weighted by Gasteiger charge is -2.04. The maximum absolute atomic E-state index is 12.8. The molecule has 0 fully saturated rings. The first-order valence-corrected chi connectivity index (χ1v) is 3.23. The third-order valence-electron chi connectivity index (χ3n) is 1.44. The zero-order valence-corrected chi connectivity index (χ0v) is 6.57. The Morgan fingerprint density at radius 2 is 1.92 bits per heavy atom. The minimum atomic E-state index is -1.41. The molecule has 5 heteroatoms. The maximum Gasteiger partial charge on any atom is 0.180 e. The van der Waals surface area contributed by atoms with Crippen molar-refractivity contribution in [3.05, 3.63) is 29.1 Å². The predicted molar refractivity (Wildman–Crippen MR) is 37.6 cm³/mol. The molecule has 0 N–H and O–H groups in total. The van der Waals surface area contributed by atoms with Crippen molar-refractivity contribution in [3.63, 3.8) is 0 Å². The molecular weight excluding hydrogens is 183 g/mol. The number of hydrogen-bond acceptors (Lipinski definition) is 2. The van der Waals surface area contributed by atoms with Crippen molar-refractivity contribution in [1.29, 1.82) is 5.26 Å². The van der Waals surface area contributed by atoms with Crippen LogP contribution in [-0.4, -0.2) is 7.11 Å². The van der Waals surface area contributed by atoms with Gasteiger partial charge in [-0.2, -0.15) is 5.26 Å². The number of methoxy groups -OCH3 is 1. The Bertz CT molecular complexity index is 384. The molecule has 0 radical (unpaired) electrons. The third kappa shape index (κ3) is 1.43. The van der Waals surface area contributed by atoms with E-state index in [1.165, 1.54) is 6.07 Å². The number of ether oxygens (including phenoxy) is 1. The Morgan fingerprint density at radius 1 is 1.31 bits per heavy atom. The standard InChI is InChI=1S/C8H4F3NO/c1-13-8-4(3-12)7(11)5(9)2-6(8)10/h2H,1H3. The summed E-state index contributed by atoms with van der Waals surface area (Å²) in [7, 11) is 1.07. The van der Waals surface area contributed by atoms with Crippen LogP contribution in [0.5, 0.6) is 5.75 Å². The first kappa shape index (κ1) is 9.39. The van der Waals surface area contributed by atoms with Crippen LogP contribution in [0, 0.1) is 28.8 Å². The van der Waals surface area contributed by atoms with Gasteiger partial charge in [0.1, 0.15) is 11.6 Å². The molecule has 1 aromatic rings. The van der Waals surface area contributed by atoms with Crippen LogP contribution in [0.1, 0.15) is 5.56 Å².